The number of methoxy groups -OCH3 is 1. The molecule has 1 saturated heterocycles. The molecule has 0 N–H and O–H groups in total. The molecule has 4 rings (SSSR count). The zero-order chi connectivity index (χ0) is 25.7. The molecule has 1 atom stereocenters. The highest BCUT2D eigenvalue weighted by Gasteiger charge is 2.25. The lowest BCUT2D eigenvalue weighted by Crippen LogP contribution is -2.49. The lowest BCUT2D eigenvalue weighted by Gasteiger charge is -2.36. The van der Waals surface area contributed by atoms with Crippen LogP contribution in [-0.2, 0) is 4.79 Å². The number of benzene rings is 2. The van der Waals surface area contributed by atoms with Crippen molar-refractivity contribution in [3.63, 3.8) is 0 Å². The number of hydrogen-bond donors (Lipinski definition) is 0. The number of carbonyl (C=O) groups excluding carboxylic acids is 1. The van der Waals surface area contributed by atoms with Crippen molar-refractivity contribution in [3.8, 4) is 11.5 Å². The third kappa shape index (κ3) is 6.10. The van der Waals surface area contributed by atoms with Gasteiger partial charge in [0.2, 0.25) is 5.91 Å². The van der Waals surface area contributed by atoms with Crippen LogP contribution in [0.1, 0.15) is 38.7 Å². The van der Waals surface area contributed by atoms with Crippen LogP contribution in [0.4, 0.5) is 10.1 Å². The first-order chi connectivity index (χ1) is 17.4. The van der Waals surface area contributed by atoms with Gasteiger partial charge in [0.05, 0.1) is 12.9 Å². The molecule has 8 nitrogen and oxygen atoms in total. The molecule has 2 aromatic carbocycles. The molecule has 0 aliphatic carbocycles. The van der Waals surface area contributed by atoms with Crippen LogP contribution >= 0.6 is 11.8 Å². The highest BCUT2D eigenvalue weighted by atomic mass is 32.2. The summed E-state index contributed by atoms with van der Waals surface area (Å²) in [5.74, 6) is 2.22. The topological polar surface area (TPSA) is 72.7 Å². The fourth-order valence-corrected chi connectivity index (χ4v) is 5.14. The van der Waals surface area contributed by atoms with Crippen molar-refractivity contribution in [2.45, 2.75) is 38.1 Å². The summed E-state index contributed by atoms with van der Waals surface area (Å²) in [6, 6.07) is 14.0. The van der Waals surface area contributed by atoms with Gasteiger partial charge in [-0.3, -0.25) is 4.79 Å². The fraction of sp³-hybridized carbons (Fsp3) is 0.423. The second-order valence-electron chi connectivity index (χ2n) is 8.88. The summed E-state index contributed by atoms with van der Waals surface area (Å²) in [6.45, 7) is 8.75. The van der Waals surface area contributed by atoms with Crippen molar-refractivity contribution in [1.82, 2.24) is 19.7 Å². The number of ether oxygens (including phenoxy) is 2. The number of hydrogen-bond acceptors (Lipinski definition) is 7. The predicted molar refractivity (Wildman–Crippen MR) is 138 cm³/mol. The van der Waals surface area contributed by atoms with Gasteiger partial charge in [-0.15, -0.1) is 10.2 Å². The van der Waals surface area contributed by atoms with Gasteiger partial charge in [-0.05, 0) is 57.2 Å². The first-order valence-electron chi connectivity index (χ1n) is 12.0. The third-order valence-corrected chi connectivity index (χ3v) is 7.00. The maximum Gasteiger partial charge on any atom is 0.233 e. The van der Waals surface area contributed by atoms with Gasteiger partial charge in [0.1, 0.15) is 17.3 Å². The molecule has 36 heavy (non-hydrogen) atoms. The lowest BCUT2D eigenvalue weighted by molar-refractivity contribution is -0.128. The Labute approximate surface area is 215 Å². The zero-order valence-electron chi connectivity index (χ0n) is 21.1. The van der Waals surface area contributed by atoms with Crippen molar-refractivity contribution in [3.05, 3.63) is 60.2 Å². The molecule has 10 heteroatoms. The van der Waals surface area contributed by atoms with Crippen LogP contribution in [0.5, 0.6) is 11.5 Å². The zero-order valence-corrected chi connectivity index (χ0v) is 21.9. The quantitative estimate of drug-likeness (QED) is 0.388. The molecule has 0 bridgehead atoms. The second kappa shape index (κ2) is 11.6. The van der Waals surface area contributed by atoms with E-state index in [1.54, 1.807) is 19.2 Å². The van der Waals surface area contributed by atoms with Crippen LogP contribution < -0.4 is 14.4 Å². The molecule has 0 radical (unpaired) electrons. The highest BCUT2D eigenvalue weighted by molar-refractivity contribution is 7.99. The first-order valence-corrected chi connectivity index (χ1v) is 13.0. The van der Waals surface area contributed by atoms with Gasteiger partial charge >= 0.3 is 0 Å². The number of aromatic nitrogens is 3. The van der Waals surface area contributed by atoms with E-state index in [4.69, 9.17) is 9.47 Å². The van der Waals surface area contributed by atoms with E-state index in [-0.39, 0.29) is 29.6 Å². The minimum absolute atomic E-state index is 0.0688. The molecule has 1 unspecified atom stereocenters. The van der Waals surface area contributed by atoms with Gasteiger partial charge in [0.25, 0.3) is 0 Å². The lowest BCUT2D eigenvalue weighted by atomic mass is 10.2. The van der Waals surface area contributed by atoms with E-state index in [2.05, 4.69) is 28.9 Å². The Bertz CT molecular complexity index is 1160. The van der Waals surface area contributed by atoms with Gasteiger partial charge in [0, 0.05) is 44.0 Å². The maximum atomic E-state index is 13.2. The molecular formula is C26H32FN5O3S. The molecule has 0 spiro atoms. The molecular weight excluding hydrogens is 481 g/mol. The summed E-state index contributed by atoms with van der Waals surface area (Å²) in [7, 11) is 1.62. The van der Waals surface area contributed by atoms with Crippen LogP contribution in [0, 0.1) is 5.82 Å². The van der Waals surface area contributed by atoms with Crippen LogP contribution in [0.3, 0.4) is 0 Å². The minimum atomic E-state index is -0.336. The van der Waals surface area contributed by atoms with E-state index < -0.39 is 0 Å². The molecule has 1 amide bonds. The Morgan fingerprint density at radius 1 is 1.03 bits per heavy atom. The van der Waals surface area contributed by atoms with Crippen molar-refractivity contribution in [2.75, 3.05) is 43.9 Å². The van der Waals surface area contributed by atoms with Crippen LogP contribution in [0.2, 0.25) is 0 Å². The average Bonchev–Trinajstić information content (AvgIpc) is 3.32. The third-order valence-electron chi connectivity index (χ3n) is 6.07. The first kappa shape index (κ1) is 25.8. The van der Waals surface area contributed by atoms with E-state index >= 15 is 0 Å². The average molecular weight is 514 g/mol. The van der Waals surface area contributed by atoms with Gasteiger partial charge < -0.3 is 23.8 Å². The Kier molecular flexibility index (Phi) is 8.35. The second-order valence-corrected chi connectivity index (χ2v) is 9.82. The van der Waals surface area contributed by atoms with Crippen LogP contribution in [0.25, 0.3) is 0 Å². The Hall–Kier alpha value is -3.27. The van der Waals surface area contributed by atoms with Gasteiger partial charge in [-0.2, -0.15) is 0 Å². The van der Waals surface area contributed by atoms with Gasteiger partial charge in [-0.25, -0.2) is 4.39 Å². The molecule has 1 fully saturated rings. The number of amides is 1. The Morgan fingerprint density at radius 2 is 1.72 bits per heavy atom. The summed E-state index contributed by atoms with van der Waals surface area (Å²) in [4.78, 5) is 17.0. The fourth-order valence-electron chi connectivity index (χ4n) is 4.16. The van der Waals surface area contributed by atoms with Crippen molar-refractivity contribution in [2.24, 2.45) is 0 Å². The standard InChI is InChI=1S/C26H32FN5O3S/c1-18(2)32-25(19(3)35-23-7-5-6-22(16-23)34-4)28-29-26(32)36-17-24(33)31-14-12-30(13-15-31)21-10-8-20(27)9-11-21/h5-11,16,18-19H,12-15,17H2,1-4H3. The summed E-state index contributed by atoms with van der Waals surface area (Å²) in [5, 5.41) is 9.46. The summed E-state index contributed by atoms with van der Waals surface area (Å²) < 4.78 is 26.6. The molecule has 3 aromatic rings. The number of piperazine rings is 1. The molecule has 0 saturated carbocycles. The minimum Gasteiger partial charge on any atom is -0.497 e. The highest BCUT2D eigenvalue weighted by Crippen LogP contribution is 2.29. The van der Waals surface area contributed by atoms with Gasteiger partial charge in [0.15, 0.2) is 17.1 Å². The maximum absolute atomic E-state index is 13.2. The van der Waals surface area contributed by atoms with E-state index in [1.807, 2.05) is 40.7 Å². The van der Waals surface area contributed by atoms with E-state index in [0.717, 1.165) is 11.4 Å². The van der Waals surface area contributed by atoms with E-state index in [1.165, 1.54) is 23.9 Å². The molecule has 1 aliphatic heterocycles. The normalized spacial score (nSPS) is 14.7. The van der Waals surface area contributed by atoms with Crippen molar-refractivity contribution in [1.29, 1.82) is 0 Å². The number of halogens is 1. The predicted octanol–water partition coefficient (Wildman–Crippen LogP) is 4.59. The number of carbonyl (C=O) groups is 1. The van der Waals surface area contributed by atoms with Crippen molar-refractivity contribution < 1.29 is 18.7 Å². The monoisotopic (exact) mass is 513 g/mol. The molecule has 192 valence electrons. The number of anilines is 1. The van der Waals surface area contributed by atoms with Crippen LogP contribution in [-0.4, -0.2) is 64.6 Å². The Morgan fingerprint density at radius 3 is 2.39 bits per heavy atom. The molecule has 1 aliphatic rings. The van der Waals surface area contributed by atoms with Crippen LogP contribution in [0.15, 0.2) is 53.7 Å². The number of rotatable bonds is 9. The smallest absolute Gasteiger partial charge is 0.233 e. The molecule has 1 aromatic heterocycles. The van der Waals surface area contributed by atoms with Crippen molar-refractivity contribution >= 4 is 23.4 Å². The number of thioether (sulfide) groups is 1. The number of nitrogens with zero attached hydrogens (tertiary/aromatic N) is 5. The Balaban J connectivity index is 1.35. The largest absolute Gasteiger partial charge is 0.497 e. The summed E-state index contributed by atoms with van der Waals surface area (Å²) in [6.07, 6.45) is -0.336. The van der Waals surface area contributed by atoms with E-state index in [0.29, 0.717) is 42.9 Å². The SMILES string of the molecule is COc1cccc(OC(C)c2nnc(SCC(=O)N3CCN(c4ccc(F)cc4)CC3)n2C(C)C)c1. The summed E-state index contributed by atoms with van der Waals surface area (Å²) >= 11 is 1.39. The van der Waals surface area contributed by atoms with Gasteiger partial charge in [-0.1, -0.05) is 17.8 Å². The summed E-state index contributed by atoms with van der Waals surface area (Å²) in [5.41, 5.74) is 0.973. The molecule has 2 heterocycles. The van der Waals surface area contributed by atoms with E-state index in [9.17, 15) is 9.18 Å².